The smallest absolute Gasteiger partial charge is 0.135 e. The molecule has 1 aromatic rings. The molecule has 0 amide bonds. The van der Waals surface area contributed by atoms with Gasteiger partial charge in [-0.25, -0.2) is 4.39 Å². The Morgan fingerprint density at radius 3 is 2.56 bits per heavy atom. The van der Waals surface area contributed by atoms with E-state index >= 15 is 0 Å². The summed E-state index contributed by atoms with van der Waals surface area (Å²) in [5.41, 5.74) is 6.33. The highest BCUT2D eigenvalue weighted by molar-refractivity contribution is 9.10. The van der Waals surface area contributed by atoms with Crippen molar-refractivity contribution in [1.29, 1.82) is 0 Å². The van der Waals surface area contributed by atoms with E-state index in [2.05, 4.69) is 15.9 Å². The van der Waals surface area contributed by atoms with Crippen LogP contribution in [0.4, 0.5) is 4.39 Å². The molecule has 1 aliphatic carbocycles. The van der Waals surface area contributed by atoms with Gasteiger partial charge in [0.05, 0.1) is 11.6 Å². The minimum Gasteiger partial charge on any atom is -0.495 e. The molecule has 2 rings (SSSR count). The van der Waals surface area contributed by atoms with E-state index in [0.717, 1.165) is 30.2 Å². The van der Waals surface area contributed by atoms with E-state index < -0.39 is 5.54 Å². The lowest BCUT2D eigenvalue weighted by Gasteiger charge is -2.25. The Kier molecular flexibility index (Phi) is 3.22. The molecule has 1 fully saturated rings. The molecule has 1 saturated carbocycles. The Labute approximate surface area is 103 Å². The maximum absolute atomic E-state index is 13.9. The van der Waals surface area contributed by atoms with Crippen molar-refractivity contribution >= 4 is 15.9 Å². The summed E-state index contributed by atoms with van der Waals surface area (Å²) in [7, 11) is 1.52. The largest absolute Gasteiger partial charge is 0.495 e. The van der Waals surface area contributed by atoms with Gasteiger partial charge in [-0.05, 0) is 34.8 Å². The van der Waals surface area contributed by atoms with Gasteiger partial charge in [0, 0.05) is 17.2 Å². The topological polar surface area (TPSA) is 35.2 Å². The van der Waals surface area contributed by atoms with E-state index in [1.807, 2.05) is 0 Å². The third-order valence-electron chi connectivity index (χ3n) is 3.27. The zero-order valence-electron chi connectivity index (χ0n) is 9.22. The monoisotopic (exact) mass is 287 g/mol. The molecule has 0 heterocycles. The second-order valence-electron chi connectivity index (χ2n) is 4.33. The summed E-state index contributed by atoms with van der Waals surface area (Å²) in [6.45, 7) is 0. The molecular formula is C12H15BrFNO. The van der Waals surface area contributed by atoms with Crippen molar-refractivity contribution in [3.8, 4) is 5.75 Å². The third kappa shape index (κ3) is 1.96. The third-order valence-corrected chi connectivity index (χ3v) is 3.89. The van der Waals surface area contributed by atoms with Gasteiger partial charge < -0.3 is 10.5 Å². The predicted octanol–water partition coefficient (Wildman–Crippen LogP) is 3.32. The summed E-state index contributed by atoms with van der Waals surface area (Å²) in [4.78, 5) is 0. The fraction of sp³-hybridized carbons (Fsp3) is 0.500. The van der Waals surface area contributed by atoms with Crippen molar-refractivity contribution in [3.05, 3.63) is 28.0 Å². The van der Waals surface area contributed by atoms with Crippen LogP contribution >= 0.6 is 15.9 Å². The van der Waals surface area contributed by atoms with E-state index in [9.17, 15) is 4.39 Å². The Morgan fingerprint density at radius 2 is 2.00 bits per heavy atom. The minimum atomic E-state index is -0.501. The average Bonchev–Trinajstić information content (AvgIpc) is 2.69. The average molecular weight is 288 g/mol. The molecule has 0 unspecified atom stereocenters. The standard InChI is InChI=1S/C12H15BrFNO/c1-16-11-7-10(14)8(6-9(11)13)12(15)4-2-3-5-12/h6-7H,2-5,15H2,1H3. The molecule has 2 N–H and O–H groups in total. The van der Waals surface area contributed by atoms with E-state index in [-0.39, 0.29) is 5.82 Å². The lowest BCUT2D eigenvalue weighted by Crippen LogP contribution is -2.34. The fourth-order valence-corrected chi connectivity index (χ4v) is 2.85. The van der Waals surface area contributed by atoms with Gasteiger partial charge in [-0.3, -0.25) is 0 Å². The highest BCUT2D eigenvalue weighted by atomic mass is 79.9. The number of methoxy groups -OCH3 is 1. The van der Waals surface area contributed by atoms with Crippen LogP contribution in [0.3, 0.4) is 0 Å². The Morgan fingerprint density at radius 1 is 1.38 bits per heavy atom. The van der Waals surface area contributed by atoms with Crippen LogP contribution in [-0.2, 0) is 5.54 Å². The van der Waals surface area contributed by atoms with Crippen molar-refractivity contribution in [2.75, 3.05) is 7.11 Å². The van der Waals surface area contributed by atoms with E-state index in [0.29, 0.717) is 11.3 Å². The van der Waals surface area contributed by atoms with Gasteiger partial charge in [-0.15, -0.1) is 0 Å². The molecule has 1 aromatic carbocycles. The van der Waals surface area contributed by atoms with Crippen LogP contribution in [0.25, 0.3) is 0 Å². The number of ether oxygens (including phenoxy) is 1. The van der Waals surface area contributed by atoms with Crippen LogP contribution in [0.1, 0.15) is 31.2 Å². The molecule has 0 radical (unpaired) electrons. The van der Waals surface area contributed by atoms with E-state index in [1.54, 1.807) is 6.07 Å². The maximum Gasteiger partial charge on any atom is 0.135 e. The zero-order valence-corrected chi connectivity index (χ0v) is 10.8. The number of nitrogens with two attached hydrogens (primary N) is 1. The molecule has 2 nitrogen and oxygen atoms in total. The molecule has 0 aliphatic heterocycles. The lowest BCUT2D eigenvalue weighted by molar-refractivity contribution is 0.399. The zero-order chi connectivity index (χ0) is 11.8. The lowest BCUT2D eigenvalue weighted by atomic mass is 9.89. The predicted molar refractivity (Wildman–Crippen MR) is 65.0 cm³/mol. The van der Waals surface area contributed by atoms with E-state index in [1.165, 1.54) is 13.2 Å². The van der Waals surface area contributed by atoms with Crippen molar-refractivity contribution in [1.82, 2.24) is 0 Å². The number of rotatable bonds is 2. The molecule has 0 saturated heterocycles. The highest BCUT2D eigenvalue weighted by Crippen LogP contribution is 2.40. The first-order valence-corrected chi connectivity index (χ1v) is 6.18. The first kappa shape index (κ1) is 11.9. The van der Waals surface area contributed by atoms with Gasteiger partial charge in [0.15, 0.2) is 0 Å². The molecular weight excluding hydrogens is 273 g/mol. The molecule has 0 aromatic heterocycles. The molecule has 0 spiro atoms. The number of benzene rings is 1. The van der Waals surface area contributed by atoms with Crippen LogP contribution in [0.5, 0.6) is 5.75 Å². The van der Waals surface area contributed by atoms with Crippen molar-refractivity contribution in [3.63, 3.8) is 0 Å². The van der Waals surface area contributed by atoms with Crippen LogP contribution in [0.15, 0.2) is 16.6 Å². The van der Waals surface area contributed by atoms with Crippen molar-refractivity contribution in [2.45, 2.75) is 31.2 Å². The molecule has 16 heavy (non-hydrogen) atoms. The summed E-state index contributed by atoms with van der Waals surface area (Å²) < 4.78 is 19.7. The van der Waals surface area contributed by atoms with Gasteiger partial charge >= 0.3 is 0 Å². The first-order valence-electron chi connectivity index (χ1n) is 5.39. The van der Waals surface area contributed by atoms with E-state index in [4.69, 9.17) is 10.5 Å². The summed E-state index contributed by atoms with van der Waals surface area (Å²) in [5.74, 6) is 0.229. The molecule has 88 valence electrons. The van der Waals surface area contributed by atoms with Crippen LogP contribution in [-0.4, -0.2) is 7.11 Å². The fourth-order valence-electron chi connectivity index (χ4n) is 2.34. The van der Waals surface area contributed by atoms with Crippen molar-refractivity contribution in [2.24, 2.45) is 5.73 Å². The van der Waals surface area contributed by atoms with Crippen LogP contribution in [0.2, 0.25) is 0 Å². The van der Waals surface area contributed by atoms with Gasteiger partial charge in [-0.1, -0.05) is 12.8 Å². The van der Waals surface area contributed by atoms with Crippen LogP contribution in [0, 0.1) is 5.82 Å². The number of hydrogen-bond acceptors (Lipinski definition) is 2. The van der Waals surface area contributed by atoms with Crippen molar-refractivity contribution < 1.29 is 9.13 Å². The van der Waals surface area contributed by atoms with Crippen LogP contribution < -0.4 is 10.5 Å². The van der Waals surface area contributed by atoms with Gasteiger partial charge in [0.1, 0.15) is 11.6 Å². The summed E-state index contributed by atoms with van der Waals surface area (Å²) in [6, 6.07) is 3.14. The second-order valence-corrected chi connectivity index (χ2v) is 5.18. The van der Waals surface area contributed by atoms with Gasteiger partial charge in [-0.2, -0.15) is 0 Å². The minimum absolute atomic E-state index is 0.274. The maximum atomic E-state index is 13.9. The molecule has 0 bridgehead atoms. The quantitative estimate of drug-likeness (QED) is 0.906. The Bertz CT molecular complexity index is 402. The summed E-state index contributed by atoms with van der Waals surface area (Å²) >= 11 is 3.37. The summed E-state index contributed by atoms with van der Waals surface area (Å²) in [6.07, 6.45) is 3.84. The molecule has 1 aliphatic rings. The number of halogens is 2. The first-order chi connectivity index (χ1) is 7.57. The van der Waals surface area contributed by atoms with Gasteiger partial charge in [0.25, 0.3) is 0 Å². The Balaban J connectivity index is 2.45. The number of hydrogen-bond donors (Lipinski definition) is 1. The summed E-state index contributed by atoms with van der Waals surface area (Å²) in [5, 5.41) is 0. The Hall–Kier alpha value is -0.610. The van der Waals surface area contributed by atoms with Gasteiger partial charge in [0.2, 0.25) is 0 Å². The SMILES string of the molecule is COc1cc(F)c(C2(N)CCCC2)cc1Br. The second kappa shape index (κ2) is 4.34. The molecule has 4 heteroatoms. The highest BCUT2D eigenvalue weighted by Gasteiger charge is 2.34. The normalized spacial score (nSPS) is 18.8. The molecule has 0 atom stereocenters.